The van der Waals surface area contributed by atoms with E-state index in [9.17, 15) is 56.2 Å². The van der Waals surface area contributed by atoms with Crippen molar-refractivity contribution in [2.45, 2.75) is 61.4 Å². The van der Waals surface area contributed by atoms with Crippen molar-refractivity contribution < 1.29 is 91.9 Å². The molecule has 0 amide bonds. The quantitative estimate of drug-likeness (QED) is 0.0849. The highest BCUT2D eigenvalue weighted by atomic mass is 35.5. The van der Waals surface area contributed by atoms with Gasteiger partial charge >= 0.3 is 11.3 Å². The van der Waals surface area contributed by atoms with Crippen LogP contribution in [0.25, 0.3) is 22.3 Å². The Balaban J connectivity index is 0.00000442. The average molecular weight is 647 g/mol. The van der Waals surface area contributed by atoms with Gasteiger partial charge in [-0.1, -0.05) is 0 Å². The van der Waals surface area contributed by atoms with Gasteiger partial charge in [0.25, 0.3) is 0 Å². The Bertz CT molecular complexity index is 1460. The van der Waals surface area contributed by atoms with E-state index >= 15 is 0 Å². The van der Waals surface area contributed by atoms with Crippen LogP contribution in [0.2, 0.25) is 0 Å². The van der Waals surface area contributed by atoms with Crippen LogP contribution >= 0.6 is 0 Å². The minimum atomic E-state index is -1.89. The fraction of sp³-hybridized carbons (Fsp3) is 0.444. The normalized spacial score (nSPS) is 32.2. The summed E-state index contributed by atoms with van der Waals surface area (Å²) < 4.78 is 28.6. The number of ether oxygens (including phenoxy) is 4. The molecule has 1 aromatic heterocycles. The van der Waals surface area contributed by atoms with Crippen LogP contribution in [0.5, 0.6) is 28.7 Å². The molecule has 11 N–H and O–H groups in total. The van der Waals surface area contributed by atoms with Gasteiger partial charge < -0.3 is 87.5 Å². The SMILES string of the molecule is OC[C@H]1O[C@@H](O[C@H]2[C@H](Oc3cc4c(O)cc(O)cc4[o+]c3-c3ccc(O)c(O)c3)O[C@H](CO)[C@@H](O)[C@@H]2O)[C@H](O)[C@@H](O)[C@@H]1O.[Cl-]. The first-order valence-corrected chi connectivity index (χ1v) is 13.0. The summed E-state index contributed by atoms with van der Waals surface area (Å²) in [6.07, 6.45) is -17.1. The zero-order valence-electron chi connectivity index (χ0n) is 22.5. The topological polar surface area (TPSA) is 271 Å². The second kappa shape index (κ2) is 13.4. The predicted octanol–water partition coefficient (Wildman–Crippen LogP) is -4.79. The molecule has 242 valence electrons. The number of phenolic OH excluding ortho intramolecular Hbond substituents is 4. The molecular weight excluding hydrogens is 616 g/mol. The van der Waals surface area contributed by atoms with Gasteiger partial charge in [-0.05, 0) is 12.1 Å². The summed E-state index contributed by atoms with van der Waals surface area (Å²) in [7, 11) is 0. The van der Waals surface area contributed by atoms with E-state index in [1.54, 1.807) is 0 Å². The Labute approximate surface area is 254 Å². The molecule has 2 aliphatic rings. The number of benzene rings is 2. The number of phenols is 4. The van der Waals surface area contributed by atoms with Crippen molar-refractivity contribution in [2.24, 2.45) is 0 Å². The summed E-state index contributed by atoms with van der Waals surface area (Å²) in [4.78, 5) is 0. The molecule has 0 unspecified atom stereocenters. The third-order valence-electron chi connectivity index (χ3n) is 7.26. The molecule has 3 heterocycles. The van der Waals surface area contributed by atoms with Crippen molar-refractivity contribution in [3.8, 4) is 40.1 Å². The molecular formula is C27H31ClO16. The molecule has 44 heavy (non-hydrogen) atoms. The smallest absolute Gasteiger partial charge is 0.402 e. The van der Waals surface area contributed by atoms with Gasteiger partial charge in [0.1, 0.15) is 59.6 Å². The molecule has 0 aliphatic carbocycles. The number of fused-ring (bicyclic) bond motifs is 1. The van der Waals surface area contributed by atoms with Gasteiger partial charge in [0.15, 0.2) is 23.9 Å². The van der Waals surface area contributed by atoms with Crippen LogP contribution in [-0.4, -0.2) is 131 Å². The van der Waals surface area contributed by atoms with Gasteiger partial charge in [-0.3, -0.25) is 0 Å². The number of aliphatic hydroxyl groups excluding tert-OH is 7. The lowest BCUT2D eigenvalue weighted by Crippen LogP contribution is -3.00. The second-order valence-electron chi connectivity index (χ2n) is 10.1. The van der Waals surface area contributed by atoms with Crippen molar-refractivity contribution >= 4 is 11.0 Å². The molecule has 0 saturated carbocycles. The third-order valence-corrected chi connectivity index (χ3v) is 7.26. The van der Waals surface area contributed by atoms with Crippen LogP contribution < -0.4 is 17.1 Å². The molecule has 0 spiro atoms. The third kappa shape index (κ3) is 6.28. The lowest BCUT2D eigenvalue weighted by molar-refractivity contribution is -0.357. The van der Waals surface area contributed by atoms with E-state index in [0.29, 0.717) is 0 Å². The lowest BCUT2D eigenvalue weighted by Gasteiger charge is -2.45. The first-order valence-electron chi connectivity index (χ1n) is 13.0. The molecule has 2 aromatic carbocycles. The van der Waals surface area contributed by atoms with Gasteiger partial charge in [0.05, 0.1) is 24.8 Å². The van der Waals surface area contributed by atoms with Gasteiger partial charge in [-0.25, -0.2) is 4.42 Å². The summed E-state index contributed by atoms with van der Waals surface area (Å²) in [6.45, 7) is -1.56. The molecule has 16 nitrogen and oxygen atoms in total. The number of halogens is 1. The highest BCUT2D eigenvalue weighted by Gasteiger charge is 2.51. The second-order valence-corrected chi connectivity index (χ2v) is 10.1. The van der Waals surface area contributed by atoms with E-state index in [0.717, 1.165) is 18.2 Å². The molecule has 2 fully saturated rings. The largest absolute Gasteiger partial charge is 1.00 e. The number of aliphatic hydroxyl groups is 7. The van der Waals surface area contributed by atoms with Crippen LogP contribution in [0.3, 0.4) is 0 Å². The van der Waals surface area contributed by atoms with Crippen LogP contribution in [0, 0.1) is 0 Å². The monoisotopic (exact) mass is 646 g/mol. The van der Waals surface area contributed by atoms with Gasteiger partial charge in [0.2, 0.25) is 12.0 Å². The minimum absolute atomic E-state index is 0. The fourth-order valence-corrected chi connectivity index (χ4v) is 4.89. The van der Waals surface area contributed by atoms with Crippen molar-refractivity contribution in [3.63, 3.8) is 0 Å². The molecule has 10 atom stereocenters. The molecule has 2 aliphatic heterocycles. The number of hydrogen-bond donors (Lipinski definition) is 11. The Morgan fingerprint density at radius 3 is 1.95 bits per heavy atom. The Morgan fingerprint density at radius 1 is 0.682 bits per heavy atom. The van der Waals surface area contributed by atoms with E-state index in [2.05, 4.69) is 0 Å². The number of rotatable bonds is 7. The maximum absolute atomic E-state index is 10.9. The van der Waals surface area contributed by atoms with Crippen molar-refractivity contribution in [1.82, 2.24) is 0 Å². The molecule has 17 heteroatoms. The summed E-state index contributed by atoms with van der Waals surface area (Å²) in [5.74, 6) is -2.13. The van der Waals surface area contributed by atoms with Crippen molar-refractivity contribution in [1.29, 1.82) is 0 Å². The van der Waals surface area contributed by atoms with Gasteiger partial charge in [0, 0.05) is 18.2 Å². The highest BCUT2D eigenvalue weighted by molar-refractivity contribution is 5.88. The average Bonchev–Trinajstić information content (AvgIpc) is 2.98. The highest BCUT2D eigenvalue weighted by Crippen LogP contribution is 2.42. The van der Waals surface area contributed by atoms with Crippen molar-refractivity contribution in [3.05, 3.63) is 36.4 Å². The standard InChI is InChI=1S/C27H30O16.ClH/c28-7-17-19(34)21(36)23(38)26(41-17)43-25-22(37)20(35)18(8-29)42-27(25)40-16-6-11-13(32)4-10(30)5-15(11)39-24(16)9-1-2-12(31)14(33)3-9;/h1-6,17-23,25-29,34-38H,7-8H2,(H3-,30,31,32,33);1H/t17-,18-,19-,20-,21+,22+,23-,25-,26+,27-;/m1./s1. The lowest BCUT2D eigenvalue weighted by atomic mass is 9.97. The van der Waals surface area contributed by atoms with E-state index < -0.39 is 91.9 Å². The van der Waals surface area contributed by atoms with E-state index in [-0.39, 0.29) is 46.2 Å². The maximum atomic E-state index is 10.9. The van der Waals surface area contributed by atoms with Crippen molar-refractivity contribution in [2.75, 3.05) is 13.2 Å². The van der Waals surface area contributed by atoms with Crippen LogP contribution in [0.15, 0.2) is 40.8 Å². The first kappa shape index (κ1) is 33.6. The Morgan fingerprint density at radius 2 is 1.32 bits per heavy atom. The number of hydrogen-bond acceptors (Lipinski definition) is 15. The molecule has 0 bridgehead atoms. The van der Waals surface area contributed by atoms with Gasteiger partial charge in [-0.15, -0.1) is 0 Å². The Hall–Kier alpha value is -3.26. The molecule has 3 aromatic rings. The summed E-state index contributed by atoms with van der Waals surface area (Å²) in [5.41, 5.74) is 0.0892. The zero-order valence-corrected chi connectivity index (χ0v) is 23.2. The van der Waals surface area contributed by atoms with Crippen LogP contribution in [0.1, 0.15) is 0 Å². The van der Waals surface area contributed by atoms with E-state index in [1.165, 1.54) is 18.2 Å². The minimum Gasteiger partial charge on any atom is -1.00 e. The van der Waals surface area contributed by atoms with Gasteiger partial charge in [-0.2, -0.15) is 0 Å². The number of aromatic hydroxyl groups is 4. The zero-order chi connectivity index (χ0) is 31.2. The summed E-state index contributed by atoms with van der Waals surface area (Å²) in [5, 5.41) is 112. The van der Waals surface area contributed by atoms with E-state index in [4.69, 9.17) is 23.4 Å². The van der Waals surface area contributed by atoms with E-state index in [1.807, 2.05) is 0 Å². The fourth-order valence-electron chi connectivity index (χ4n) is 4.89. The van der Waals surface area contributed by atoms with Crippen LogP contribution in [0.4, 0.5) is 0 Å². The van der Waals surface area contributed by atoms with Crippen LogP contribution in [-0.2, 0) is 14.2 Å². The summed E-state index contributed by atoms with van der Waals surface area (Å²) >= 11 is 0. The summed E-state index contributed by atoms with van der Waals surface area (Å²) in [6, 6.07) is 7.08. The molecule has 2 saturated heterocycles. The molecule has 5 rings (SSSR count). The molecule has 0 radical (unpaired) electrons. The first-order chi connectivity index (χ1) is 20.4. The Kier molecular flexibility index (Phi) is 10.2. The maximum Gasteiger partial charge on any atom is 0.402 e. The predicted molar refractivity (Wildman–Crippen MR) is 140 cm³/mol.